The van der Waals surface area contributed by atoms with Gasteiger partial charge in [0.2, 0.25) is 0 Å². The van der Waals surface area contributed by atoms with Crippen molar-refractivity contribution < 1.29 is 19.4 Å². The molecule has 0 fully saturated rings. The van der Waals surface area contributed by atoms with Crippen molar-refractivity contribution in [3.63, 3.8) is 0 Å². The predicted octanol–water partition coefficient (Wildman–Crippen LogP) is 3.37. The van der Waals surface area contributed by atoms with E-state index in [1.165, 1.54) is 0 Å². The van der Waals surface area contributed by atoms with Gasteiger partial charge in [0.05, 0.1) is 5.41 Å². The molecule has 0 unspecified atom stereocenters. The van der Waals surface area contributed by atoms with Gasteiger partial charge in [0.15, 0.2) is 6.61 Å². The average molecular weight is 327 g/mol. The molecule has 1 amide bonds. The van der Waals surface area contributed by atoms with Crippen molar-refractivity contribution in [1.29, 1.82) is 0 Å². The van der Waals surface area contributed by atoms with E-state index in [4.69, 9.17) is 4.74 Å². The molecule has 0 saturated heterocycles. The van der Waals surface area contributed by atoms with E-state index in [0.29, 0.717) is 17.0 Å². The van der Waals surface area contributed by atoms with Crippen molar-refractivity contribution in [2.75, 3.05) is 11.9 Å². The van der Waals surface area contributed by atoms with Gasteiger partial charge in [-0.15, -0.1) is 0 Å². The molecule has 0 atom stereocenters. The van der Waals surface area contributed by atoms with Crippen molar-refractivity contribution in [3.8, 4) is 5.75 Å². The predicted molar refractivity (Wildman–Crippen MR) is 92.4 cm³/mol. The highest BCUT2D eigenvalue weighted by Crippen LogP contribution is 2.24. The SMILES string of the molecule is Cc1cccc(OCC(=O)Nc2ccc(C(C)(C)C(=O)O)cc2)c1. The third kappa shape index (κ3) is 4.35. The lowest BCUT2D eigenvalue weighted by molar-refractivity contribution is -0.142. The highest BCUT2D eigenvalue weighted by Gasteiger charge is 2.29. The topological polar surface area (TPSA) is 75.6 Å². The van der Waals surface area contributed by atoms with Crippen molar-refractivity contribution in [1.82, 2.24) is 0 Å². The number of rotatable bonds is 6. The number of benzene rings is 2. The molecule has 0 aromatic heterocycles. The molecule has 24 heavy (non-hydrogen) atoms. The van der Waals surface area contributed by atoms with Gasteiger partial charge in [-0.05, 0) is 56.2 Å². The molecule has 0 aliphatic heterocycles. The van der Waals surface area contributed by atoms with Crippen LogP contribution in [0.2, 0.25) is 0 Å². The van der Waals surface area contributed by atoms with Crippen LogP contribution in [-0.4, -0.2) is 23.6 Å². The van der Waals surface area contributed by atoms with Crippen LogP contribution in [-0.2, 0) is 15.0 Å². The number of carboxylic acid groups (broad SMARTS) is 1. The van der Waals surface area contributed by atoms with Crippen LogP contribution in [0.3, 0.4) is 0 Å². The fourth-order valence-corrected chi connectivity index (χ4v) is 2.14. The van der Waals surface area contributed by atoms with Crippen molar-refractivity contribution in [2.45, 2.75) is 26.2 Å². The number of hydrogen-bond acceptors (Lipinski definition) is 3. The van der Waals surface area contributed by atoms with Gasteiger partial charge in [-0.3, -0.25) is 9.59 Å². The number of hydrogen-bond donors (Lipinski definition) is 2. The van der Waals surface area contributed by atoms with E-state index in [1.54, 1.807) is 44.2 Å². The first kappa shape index (κ1) is 17.5. The number of carboxylic acids is 1. The van der Waals surface area contributed by atoms with Crippen LogP contribution in [0.5, 0.6) is 5.75 Å². The van der Waals surface area contributed by atoms with Gasteiger partial charge in [-0.25, -0.2) is 0 Å². The van der Waals surface area contributed by atoms with Gasteiger partial charge in [0.25, 0.3) is 5.91 Å². The van der Waals surface area contributed by atoms with E-state index in [1.807, 2.05) is 25.1 Å². The summed E-state index contributed by atoms with van der Waals surface area (Å²) in [6.07, 6.45) is 0. The normalized spacial score (nSPS) is 11.0. The van der Waals surface area contributed by atoms with E-state index in [0.717, 1.165) is 5.56 Å². The summed E-state index contributed by atoms with van der Waals surface area (Å²) in [4.78, 5) is 23.2. The second-order valence-corrected chi connectivity index (χ2v) is 6.16. The summed E-state index contributed by atoms with van der Waals surface area (Å²) in [7, 11) is 0. The largest absolute Gasteiger partial charge is 0.484 e. The molecule has 0 heterocycles. The minimum absolute atomic E-state index is 0.0914. The Labute approximate surface area is 141 Å². The molecule has 2 rings (SSSR count). The third-order valence-corrected chi connectivity index (χ3v) is 3.78. The first-order valence-corrected chi connectivity index (χ1v) is 7.62. The molecule has 0 radical (unpaired) electrons. The smallest absolute Gasteiger partial charge is 0.313 e. The van der Waals surface area contributed by atoms with Crippen LogP contribution in [0.1, 0.15) is 25.0 Å². The standard InChI is InChI=1S/C19H21NO4/c1-13-5-4-6-16(11-13)24-12-17(21)20-15-9-7-14(8-10-15)19(2,3)18(22)23/h4-11H,12H2,1-3H3,(H,20,21)(H,22,23). The fraction of sp³-hybridized carbons (Fsp3) is 0.263. The number of amides is 1. The number of nitrogens with one attached hydrogen (secondary N) is 1. The van der Waals surface area contributed by atoms with Gasteiger partial charge in [0.1, 0.15) is 5.75 Å². The molecule has 5 nitrogen and oxygen atoms in total. The summed E-state index contributed by atoms with van der Waals surface area (Å²) in [5, 5.41) is 11.9. The molecule has 126 valence electrons. The Morgan fingerprint density at radius 3 is 2.38 bits per heavy atom. The van der Waals surface area contributed by atoms with E-state index in [2.05, 4.69) is 5.32 Å². The number of ether oxygens (including phenoxy) is 1. The summed E-state index contributed by atoms with van der Waals surface area (Å²) in [5.41, 5.74) is 1.35. The average Bonchev–Trinajstić information content (AvgIpc) is 2.53. The fourth-order valence-electron chi connectivity index (χ4n) is 2.14. The second-order valence-electron chi connectivity index (χ2n) is 6.16. The summed E-state index contributed by atoms with van der Waals surface area (Å²) < 4.78 is 5.44. The lowest BCUT2D eigenvalue weighted by Gasteiger charge is -2.19. The molecule has 0 aliphatic carbocycles. The van der Waals surface area contributed by atoms with E-state index < -0.39 is 11.4 Å². The van der Waals surface area contributed by atoms with Crippen molar-refractivity contribution >= 4 is 17.6 Å². The monoisotopic (exact) mass is 327 g/mol. The Morgan fingerprint density at radius 2 is 1.79 bits per heavy atom. The maximum atomic E-state index is 11.9. The van der Waals surface area contributed by atoms with Crippen LogP contribution in [0.25, 0.3) is 0 Å². The number of aliphatic carboxylic acids is 1. The first-order valence-electron chi connectivity index (χ1n) is 7.62. The van der Waals surface area contributed by atoms with Crippen molar-refractivity contribution in [2.24, 2.45) is 0 Å². The highest BCUT2D eigenvalue weighted by atomic mass is 16.5. The summed E-state index contributed by atoms with van der Waals surface area (Å²) in [6, 6.07) is 14.2. The molecular formula is C19H21NO4. The Kier molecular flexibility index (Phi) is 5.24. The van der Waals surface area contributed by atoms with Gasteiger partial charge >= 0.3 is 5.97 Å². The van der Waals surface area contributed by atoms with Gasteiger partial charge in [-0.1, -0.05) is 24.3 Å². The lowest BCUT2D eigenvalue weighted by Crippen LogP contribution is -2.28. The molecular weight excluding hydrogens is 306 g/mol. The number of carbonyl (C=O) groups is 2. The van der Waals surface area contributed by atoms with E-state index in [9.17, 15) is 14.7 Å². The molecule has 5 heteroatoms. The van der Waals surface area contributed by atoms with Crippen molar-refractivity contribution in [3.05, 3.63) is 59.7 Å². The lowest BCUT2D eigenvalue weighted by atomic mass is 9.85. The zero-order valence-corrected chi connectivity index (χ0v) is 14.0. The third-order valence-electron chi connectivity index (χ3n) is 3.78. The number of carbonyl (C=O) groups excluding carboxylic acids is 1. The summed E-state index contributed by atoms with van der Waals surface area (Å²) in [5.74, 6) is -0.531. The zero-order chi connectivity index (χ0) is 17.7. The van der Waals surface area contributed by atoms with Crippen LogP contribution < -0.4 is 10.1 Å². The maximum absolute atomic E-state index is 11.9. The molecule has 0 saturated carbocycles. The van der Waals surface area contributed by atoms with Crippen LogP contribution >= 0.6 is 0 Å². The van der Waals surface area contributed by atoms with E-state index >= 15 is 0 Å². The molecule has 2 aromatic rings. The van der Waals surface area contributed by atoms with Crippen LogP contribution in [0.4, 0.5) is 5.69 Å². The van der Waals surface area contributed by atoms with Gasteiger partial charge in [0, 0.05) is 5.69 Å². The van der Waals surface area contributed by atoms with Crippen LogP contribution in [0, 0.1) is 6.92 Å². The van der Waals surface area contributed by atoms with E-state index in [-0.39, 0.29) is 12.5 Å². The minimum Gasteiger partial charge on any atom is -0.484 e. The summed E-state index contributed by atoms with van der Waals surface area (Å²) in [6.45, 7) is 5.14. The Morgan fingerprint density at radius 1 is 1.12 bits per heavy atom. The minimum atomic E-state index is -0.975. The number of anilines is 1. The summed E-state index contributed by atoms with van der Waals surface area (Å²) >= 11 is 0. The molecule has 0 bridgehead atoms. The number of aryl methyl sites for hydroxylation is 1. The van der Waals surface area contributed by atoms with Gasteiger partial charge < -0.3 is 15.2 Å². The maximum Gasteiger partial charge on any atom is 0.313 e. The molecule has 2 aromatic carbocycles. The Bertz CT molecular complexity index is 735. The molecule has 2 N–H and O–H groups in total. The van der Waals surface area contributed by atoms with Crippen LogP contribution in [0.15, 0.2) is 48.5 Å². The first-order chi connectivity index (χ1) is 11.3. The van der Waals surface area contributed by atoms with Gasteiger partial charge in [-0.2, -0.15) is 0 Å². The molecule has 0 spiro atoms. The quantitative estimate of drug-likeness (QED) is 0.853. The Balaban J connectivity index is 1.93. The molecule has 0 aliphatic rings. The zero-order valence-electron chi connectivity index (χ0n) is 14.0. The Hall–Kier alpha value is -2.82. The highest BCUT2D eigenvalue weighted by molar-refractivity contribution is 5.92. The second kappa shape index (κ2) is 7.17.